The highest BCUT2D eigenvalue weighted by molar-refractivity contribution is 7.22. The quantitative estimate of drug-likeness (QED) is 0.427. The first-order chi connectivity index (χ1) is 15.0. The van der Waals surface area contributed by atoms with Crippen LogP contribution in [0.5, 0.6) is 0 Å². The number of thiazole rings is 1. The lowest BCUT2D eigenvalue weighted by molar-refractivity contribution is -0.115. The second-order valence-electron chi connectivity index (χ2n) is 6.56. The van der Waals surface area contributed by atoms with Crippen LogP contribution in [0.25, 0.3) is 21.5 Å². The molecule has 3 amide bonds. The van der Waals surface area contributed by atoms with Crippen molar-refractivity contribution >= 4 is 50.1 Å². The molecule has 0 spiro atoms. The smallest absolute Gasteiger partial charge is 0.273 e. The first-order valence-electron chi connectivity index (χ1n) is 9.26. The van der Waals surface area contributed by atoms with Crippen LogP contribution in [0, 0.1) is 0 Å². The fourth-order valence-electron chi connectivity index (χ4n) is 2.79. The summed E-state index contributed by atoms with van der Waals surface area (Å²) in [7, 11) is 0. The van der Waals surface area contributed by atoms with Crippen molar-refractivity contribution < 1.29 is 18.9 Å². The van der Waals surface area contributed by atoms with Gasteiger partial charge in [0.25, 0.3) is 5.91 Å². The number of amides is 3. The van der Waals surface area contributed by atoms with Crippen LogP contribution in [0.15, 0.2) is 59.1 Å². The molecule has 0 atom stereocenters. The van der Waals surface area contributed by atoms with Crippen molar-refractivity contribution in [2.24, 2.45) is 0 Å². The molecule has 156 valence electrons. The number of aromatic nitrogens is 2. The summed E-state index contributed by atoms with van der Waals surface area (Å²) in [6.07, 6.45) is 0. The third-order valence-corrected chi connectivity index (χ3v) is 5.10. The average Bonchev–Trinajstić information content (AvgIpc) is 3.39. The fourth-order valence-corrected chi connectivity index (χ4v) is 3.72. The highest BCUT2D eigenvalue weighted by atomic mass is 32.1. The van der Waals surface area contributed by atoms with Gasteiger partial charge in [-0.25, -0.2) is 4.98 Å². The number of hydrogen-bond acceptors (Lipinski definition) is 7. The minimum absolute atomic E-state index is 0.0807. The number of fused-ring (bicyclic) bond motifs is 1. The van der Waals surface area contributed by atoms with E-state index in [9.17, 15) is 14.4 Å². The van der Waals surface area contributed by atoms with E-state index in [0.717, 1.165) is 10.3 Å². The molecule has 0 saturated carbocycles. The molecule has 31 heavy (non-hydrogen) atoms. The lowest BCUT2D eigenvalue weighted by Crippen LogP contribution is -2.32. The van der Waals surface area contributed by atoms with E-state index >= 15 is 0 Å². The van der Waals surface area contributed by atoms with Crippen molar-refractivity contribution in [1.82, 2.24) is 15.5 Å². The molecule has 3 N–H and O–H groups in total. The molecule has 0 aliphatic rings. The largest absolute Gasteiger partial charge is 0.355 e. The van der Waals surface area contributed by atoms with E-state index in [1.807, 2.05) is 30.3 Å². The Kier molecular flexibility index (Phi) is 5.72. The molecule has 0 unspecified atom stereocenters. The summed E-state index contributed by atoms with van der Waals surface area (Å²) < 4.78 is 6.00. The van der Waals surface area contributed by atoms with Crippen LogP contribution in [-0.2, 0) is 9.59 Å². The molecule has 10 heteroatoms. The second kappa shape index (κ2) is 8.76. The third-order valence-electron chi connectivity index (χ3n) is 4.17. The minimum Gasteiger partial charge on any atom is -0.355 e. The van der Waals surface area contributed by atoms with Gasteiger partial charge in [-0.15, -0.1) is 0 Å². The summed E-state index contributed by atoms with van der Waals surface area (Å²) in [6, 6.07) is 16.0. The van der Waals surface area contributed by atoms with Crippen LogP contribution in [-0.4, -0.2) is 34.4 Å². The van der Waals surface area contributed by atoms with Crippen LogP contribution in [0.3, 0.4) is 0 Å². The molecular weight excluding hydrogens is 418 g/mol. The Morgan fingerprint density at radius 2 is 1.84 bits per heavy atom. The second-order valence-corrected chi connectivity index (χ2v) is 7.59. The van der Waals surface area contributed by atoms with E-state index in [1.54, 1.807) is 18.2 Å². The van der Waals surface area contributed by atoms with Crippen LogP contribution in [0.1, 0.15) is 17.4 Å². The molecule has 2 aromatic heterocycles. The summed E-state index contributed by atoms with van der Waals surface area (Å²) in [5, 5.41) is 12.0. The molecule has 9 nitrogen and oxygen atoms in total. The van der Waals surface area contributed by atoms with E-state index < -0.39 is 11.8 Å². The highest BCUT2D eigenvalue weighted by Crippen LogP contribution is 2.28. The van der Waals surface area contributed by atoms with Gasteiger partial charge in [-0.2, -0.15) is 0 Å². The molecule has 0 radical (unpaired) electrons. The number of carbonyl (C=O) groups excluding carboxylic acids is 3. The first-order valence-corrected chi connectivity index (χ1v) is 10.1. The molecule has 4 aromatic rings. The summed E-state index contributed by atoms with van der Waals surface area (Å²) in [5.74, 6) is -0.661. The first kappa shape index (κ1) is 20.2. The molecule has 0 bridgehead atoms. The zero-order valence-electron chi connectivity index (χ0n) is 16.3. The monoisotopic (exact) mass is 435 g/mol. The summed E-state index contributed by atoms with van der Waals surface area (Å²) >= 11 is 1.26. The van der Waals surface area contributed by atoms with E-state index in [2.05, 4.69) is 26.1 Å². The number of benzene rings is 2. The van der Waals surface area contributed by atoms with Gasteiger partial charge in [0, 0.05) is 24.2 Å². The van der Waals surface area contributed by atoms with Crippen LogP contribution in [0.2, 0.25) is 0 Å². The summed E-state index contributed by atoms with van der Waals surface area (Å²) in [5.41, 5.74) is 2.21. The van der Waals surface area contributed by atoms with Gasteiger partial charge in [-0.1, -0.05) is 46.8 Å². The standard InChI is InChI=1S/C21H17N5O4S/c1-12(27)23-14-7-8-15-18(9-14)31-21(24-15)25-19(28)11-22-20(29)16-10-17(30-26-16)13-5-3-2-4-6-13/h2-10H,11H2,1H3,(H,22,29)(H,23,27)(H,24,25,28). The van der Waals surface area contributed by atoms with Gasteiger partial charge in [0.05, 0.1) is 16.8 Å². The Labute approximate surface area is 180 Å². The van der Waals surface area contributed by atoms with Gasteiger partial charge >= 0.3 is 0 Å². The zero-order chi connectivity index (χ0) is 21.8. The number of nitrogens with one attached hydrogen (secondary N) is 3. The van der Waals surface area contributed by atoms with Gasteiger partial charge in [0.2, 0.25) is 11.8 Å². The van der Waals surface area contributed by atoms with Crippen molar-refractivity contribution in [2.45, 2.75) is 6.92 Å². The molecule has 0 aliphatic heterocycles. The predicted octanol–water partition coefficient (Wildman–Crippen LogP) is 3.28. The summed E-state index contributed by atoms with van der Waals surface area (Å²) in [6.45, 7) is 1.18. The molecule has 0 fully saturated rings. The maximum absolute atomic E-state index is 12.3. The number of rotatable bonds is 6. The minimum atomic E-state index is -0.523. The van der Waals surface area contributed by atoms with E-state index in [-0.39, 0.29) is 18.1 Å². The van der Waals surface area contributed by atoms with Crippen LogP contribution < -0.4 is 16.0 Å². The van der Waals surface area contributed by atoms with Crippen molar-refractivity contribution in [3.63, 3.8) is 0 Å². The van der Waals surface area contributed by atoms with Gasteiger partial charge in [-0.3, -0.25) is 14.4 Å². The Bertz CT molecular complexity index is 1270. The van der Waals surface area contributed by atoms with Crippen molar-refractivity contribution in [3.05, 3.63) is 60.3 Å². The predicted molar refractivity (Wildman–Crippen MR) is 117 cm³/mol. The van der Waals surface area contributed by atoms with Gasteiger partial charge in [-0.05, 0) is 18.2 Å². The van der Waals surface area contributed by atoms with Gasteiger partial charge < -0.3 is 20.5 Å². The molecule has 2 aromatic carbocycles. The average molecular weight is 435 g/mol. The van der Waals surface area contributed by atoms with Crippen LogP contribution in [0.4, 0.5) is 10.8 Å². The van der Waals surface area contributed by atoms with Crippen molar-refractivity contribution in [2.75, 3.05) is 17.2 Å². The van der Waals surface area contributed by atoms with Crippen molar-refractivity contribution in [3.8, 4) is 11.3 Å². The number of carbonyl (C=O) groups is 3. The number of hydrogen-bond donors (Lipinski definition) is 3. The van der Waals surface area contributed by atoms with Gasteiger partial charge in [0.1, 0.15) is 0 Å². The number of anilines is 2. The highest BCUT2D eigenvalue weighted by Gasteiger charge is 2.15. The Morgan fingerprint density at radius 1 is 1.03 bits per heavy atom. The van der Waals surface area contributed by atoms with E-state index in [0.29, 0.717) is 22.1 Å². The molecular formula is C21H17N5O4S. The topological polar surface area (TPSA) is 126 Å². The molecule has 2 heterocycles. The third kappa shape index (κ3) is 4.93. The van der Waals surface area contributed by atoms with Crippen molar-refractivity contribution in [1.29, 1.82) is 0 Å². The van der Waals surface area contributed by atoms with E-state index in [1.165, 1.54) is 24.3 Å². The fraction of sp³-hybridized carbons (Fsp3) is 0.0952. The molecule has 4 rings (SSSR count). The zero-order valence-corrected chi connectivity index (χ0v) is 17.2. The van der Waals surface area contributed by atoms with Gasteiger partial charge in [0.15, 0.2) is 16.6 Å². The lowest BCUT2D eigenvalue weighted by Gasteiger charge is -2.02. The Balaban J connectivity index is 1.34. The molecule has 0 saturated heterocycles. The van der Waals surface area contributed by atoms with E-state index in [4.69, 9.17) is 4.52 Å². The normalized spacial score (nSPS) is 10.6. The SMILES string of the molecule is CC(=O)Nc1ccc2nc(NC(=O)CNC(=O)c3cc(-c4ccccc4)on3)sc2c1. The number of nitrogens with zero attached hydrogens (tertiary/aromatic N) is 2. The Morgan fingerprint density at radius 3 is 2.61 bits per heavy atom. The maximum Gasteiger partial charge on any atom is 0.273 e. The lowest BCUT2D eigenvalue weighted by atomic mass is 10.1. The maximum atomic E-state index is 12.3. The van der Waals surface area contributed by atoms with Crippen LogP contribution >= 0.6 is 11.3 Å². The molecule has 0 aliphatic carbocycles. The Hall–Kier alpha value is -4.05. The summed E-state index contributed by atoms with van der Waals surface area (Å²) in [4.78, 5) is 40.0.